The van der Waals surface area contributed by atoms with Gasteiger partial charge in [0.2, 0.25) is 0 Å². The molecule has 0 aliphatic carbocycles. The van der Waals surface area contributed by atoms with Crippen molar-refractivity contribution >= 4 is 8.25 Å². The molecule has 0 heterocycles. The summed E-state index contributed by atoms with van der Waals surface area (Å²) in [7, 11) is -2.16. The molecule has 0 bridgehead atoms. The van der Waals surface area contributed by atoms with Crippen LogP contribution in [0.2, 0.25) is 0 Å². The predicted molar refractivity (Wildman–Crippen MR) is 35.4 cm³/mol. The van der Waals surface area contributed by atoms with E-state index in [2.05, 4.69) is 9.05 Å². The minimum atomic E-state index is -2.16. The van der Waals surface area contributed by atoms with E-state index in [1.807, 2.05) is 0 Å². The maximum Gasteiger partial charge on any atom is 0.699 e. The van der Waals surface area contributed by atoms with Crippen molar-refractivity contribution in [2.75, 3.05) is 13.2 Å². The molecule has 10 heavy (non-hydrogen) atoms. The van der Waals surface area contributed by atoms with Crippen LogP contribution >= 0.6 is 8.25 Å². The van der Waals surface area contributed by atoms with E-state index in [9.17, 15) is 4.57 Å². The Morgan fingerprint density at radius 3 is 2.80 bits per heavy atom. The molecule has 0 aliphatic heterocycles. The Bertz CT molecular complexity index is 109. The van der Waals surface area contributed by atoms with Crippen molar-refractivity contribution in [3.05, 3.63) is 0 Å². The Morgan fingerprint density at radius 1 is 1.80 bits per heavy atom. The van der Waals surface area contributed by atoms with Gasteiger partial charge < -0.3 is 5.11 Å². The summed E-state index contributed by atoms with van der Waals surface area (Å²) in [5.74, 6) is 0. The number of rotatable bonds is 5. The molecule has 0 rings (SSSR count). The van der Waals surface area contributed by atoms with Gasteiger partial charge in [-0.05, 0) is 6.92 Å². The van der Waals surface area contributed by atoms with Crippen molar-refractivity contribution in [2.24, 2.45) is 5.73 Å². The first-order chi connectivity index (χ1) is 4.70. The van der Waals surface area contributed by atoms with E-state index >= 15 is 0 Å². The highest BCUT2D eigenvalue weighted by atomic mass is 31.1. The molecule has 6 heteroatoms. The van der Waals surface area contributed by atoms with E-state index in [-0.39, 0.29) is 6.61 Å². The van der Waals surface area contributed by atoms with Crippen LogP contribution in [0, 0.1) is 0 Å². The summed E-state index contributed by atoms with van der Waals surface area (Å²) in [4.78, 5) is 0. The van der Waals surface area contributed by atoms with Crippen LogP contribution in [0.1, 0.15) is 6.92 Å². The minimum absolute atomic E-state index is 0.299. The normalized spacial score (nSPS) is 14.9. The zero-order valence-corrected chi connectivity index (χ0v) is 6.58. The van der Waals surface area contributed by atoms with Gasteiger partial charge >= 0.3 is 8.25 Å². The highest BCUT2D eigenvalue weighted by molar-refractivity contribution is 7.33. The average molecular weight is 168 g/mol. The van der Waals surface area contributed by atoms with Gasteiger partial charge in [-0.25, -0.2) is 0 Å². The lowest BCUT2D eigenvalue weighted by atomic mass is 10.7. The summed E-state index contributed by atoms with van der Waals surface area (Å²) in [6.45, 7) is 1.61. The SMILES string of the molecule is CCO[P+](=O)OC(N)CO. The van der Waals surface area contributed by atoms with Gasteiger partial charge in [0.1, 0.15) is 6.61 Å². The maximum atomic E-state index is 10.5. The molecule has 0 amide bonds. The topological polar surface area (TPSA) is 81.8 Å². The van der Waals surface area contributed by atoms with Gasteiger partial charge in [-0.1, -0.05) is 4.52 Å². The van der Waals surface area contributed by atoms with Crippen LogP contribution in [0.25, 0.3) is 0 Å². The van der Waals surface area contributed by atoms with Crippen LogP contribution in [-0.4, -0.2) is 24.5 Å². The number of aliphatic hydroxyl groups is 1. The molecule has 2 atom stereocenters. The number of hydrogen-bond donors (Lipinski definition) is 2. The Labute approximate surface area is 60.1 Å². The molecule has 0 saturated heterocycles. The molecule has 0 radical (unpaired) electrons. The van der Waals surface area contributed by atoms with E-state index < -0.39 is 14.5 Å². The zero-order valence-electron chi connectivity index (χ0n) is 5.69. The first-order valence-corrected chi connectivity index (χ1v) is 3.93. The lowest BCUT2D eigenvalue weighted by Crippen LogP contribution is -2.25. The highest BCUT2D eigenvalue weighted by Crippen LogP contribution is 2.23. The molecule has 0 aromatic rings. The Hall–Kier alpha value is -0.0600. The van der Waals surface area contributed by atoms with Gasteiger partial charge in [-0.2, -0.15) is 0 Å². The Morgan fingerprint density at radius 2 is 2.40 bits per heavy atom. The molecule has 0 aromatic heterocycles. The van der Waals surface area contributed by atoms with Crippen molar-refractivity contribution in [1.29, 1.82) is 0 Å². The molecule has 3 N–H and O–H groups in total. The van der Waals surface area contributed by atoms with Crippen LogP contribution in [0.5, 0.6) is 0 Å². The summed E-state index contributed by atoms with van der Waals surface area (Å²) >= 11 is 0. The summed E-state index contributed by atoms with van der Waals surface area (Å²) in [6.07, 6.45) is -0.921. The van der Waals surface area contributed by atoms with Crippen molar-refractivity contribution < 1.29 is 18.7 Å². The fourth-order valence-corrected chi connectivity index (χ4v) is 0.839. The molecular formula is C4H11NO4P+. The van der Waals surface area contributed by atoms with Gasteiger partial charge in [-0.15, -0.1) is 4.52 Å². The molecule has 0 saturated carbocycles. The number of aliphatic hydroxyl groups excluding tert-OH is 1. The molecule has 0 fully saturated rings. The fraction of sp³-hybridized carbons (Fsp3) is 1.00. The van der Waals surface area contributed by atoms with E-state index in [0.29, 0.717) is 6.61 Å². The standard InChI is InChI=1S/C4H11NO4P/c1-2-8-10(7)9-4(5)3-6/h4,6H,2-3,5H2,1H3/q+1. The lowest BCUT2D eigenvalue weighted by molar-refractivity contribution is 0.107. The van der Waals surface area contributed by atoms with Crippen molar-refractivity contribution in [1.82, 2.24) is 0 Å². The molecule has 0 aliphatic rings. The van der Waals surface area contributed by atoms with Crippen LogP contribution < -0.4 is 5.73 Å². The smallest absolute Gasteiger partial charge is 0.392 e. The van der Waals surface area contributed by atoms with E-state index in [4.69, 9.17) is 10.8 Å². The first kappa shape index (κ1) is 9.94. The molecular weight excluding hydrogens is 157 g/mol. The molecule has 60 valence electrons. The Balaban J connectivity index is 3.37. The molecule has 0 spiro atoms. The average Bonchev–Trinajstić information content (AvgIpc) is 1.88. The van der Waals surface area contributed by atoms with E-state index in [0.717, 1.165) is 0 Å². The largest absolute Gasteiger partial charge is 0.699 e. The van der Waals surface area contributed by atoms with Crippen LogP contribution in [-0.2, 0) is 13.6 Å². The van der Waals surface area contributed by atoms with Crippen molar-refractivity contribution in [3.63, 3.8) is 0 Å². The third-order valence-electron chi connectivity index (χ3n) is 0.636. The second kappa shape index (κ2) is 5.70. The van der Waals surface area contributed by atoms with Crippen LogP contribution in [0.4, 0.5) is 0 Å². The van der Waals surface area contributed by atoms with E-state index in [1.165, 1.54) is 0 Å². The van der Waals surface area contributed by atoms with Gasteiger partial charge in [-0.3, -0.25) is 5.73 Å². The third-order valence-corrected chi connectivity index (χ3v) is 1.55. The van der Waals surface area contributed by atoms with Crippen molar-refractivity contribution in [2.45, 2.75) is 13.2 Å². The lowest BCUT2D eigenvalue weighted by Gasteiger charge is -1.95. The summed E-state index contributed by atoms with van der Waals surface area (Å²) in [6, 6.07) is 0. The molecule has 2 unspecified atom stereocenters. The van der Waals surface area contributed by atoms with Crippen LogP contribution in [0.3, 0.4) is 0 Å². The summed E-state index contributed by atoms with van der Waals surface area (Å²) < 4.78 is 19.5. The molecule has 0 aromatic carbocycles. The van der Waals surface area contributed by atoms with E-state index in [1.54, 1.807) is 6.92 Å². The predicted octanol–water partition coefficient (Wildman–Crippen LogP) is -0.0260. The second-order valence-electron chi connectivity index (χ2n) is 1.47. The van der Waals surface area contributed by atoms with Gasteiger partial charge in [0.25, 0.3) is 0 Å². The van der Waals surface area contributed by atoms with Gasteiger partial charge in [0.05, 0.1) is 6.61 Å². The quantitative estimate of drug-likeness (QED) is 0.445. The van der Waals surface area contributed by atoms with Crippen molar-refractivity contribution in [3.8, 4) is 0 Å². The zero-order chi connectivity index (χ0) is 7.98. The third kappa shape index (κ3) is 4.78. The van der Waals surface area contributed by atoms with Gasteiger partial charge in [0.15, 0.2) is 6.23 Å². The van der Waals surface area contributed by atoms with Gasteiger partial charge in [0, 0.05) is 4.57 Å². The highest BCUT2D eigenvalue weighted by Gasteiger charge is 2.23. The summed E-state index contributed by atoms with van der Waals surface area (Å²) in [5.41, 5.74) is 5.07. The monoisotopic (exact) mass is 168 g/mol. The van der Waals surface area contributed by atoms with Crippen LogP contribution in [0.15, 0.2) is 0 Å². The number of hydrogen-bond acceptors (Lipinski definition) is 5. The maximum absolute atomic E-state index is 10.5. The molecule has 5 nitrogen and oxygen atoms in total. The fourth-order valence-electron chi connectivity index (χ4n) is 0.280. The Kier molecular flexibility index (Phi) is 5.67. The minimum Gasteiger partial charge on any atom is -0.392 e. The first-order valence-electron chi connectivity index (χ1n) is 2.84. The summed E-state index contributed by atoms with van der Waals surface area (Å²) in [5, 5.41) is 8.32. The second-order valence-corrected chi connectivity index (χ2v) is 2.38. The number of nitrogens with two attached hydrogens (primary N) is 1.